The quantitative estimate of drug-likeness (QED) is 0.748. The number of carbonyl (C=O) groups is 2. The summed E-state index contributed by atoms with van der Waals surface area (Å²) >= 11 is 12.2. The number of amides is 2. The van der Waals surface area contributed by atoms with E-state index < -0.39 is 0 Å². The second-order valence-corrected chi connectivity index (χ2v) is 8.08. The van der Waals surface area contributed by atoms with Gasteiger partial charge in [-0.1, -0.05) is 47.5 Å². The predicted molar refractivity (Wildman–Crippen MR) is 118 cm³/mol. The van der Waals surface area contributed by atoms with Crippen molar-refractivity contribution in [3.05, 3.63) is 63.6 Å². The lowest BCUT2D eigenvalue weighted by molar-refractivity contribution is -0.133. The van der Waals surface area contributed by atoms with Crippen molar-refractivity contribution >= 4 is 40.7 Å². The van der Waals surface area contributed by atoms with Gasteiger partial charge in [-0.2, -0.15) is 0 Å². The molecule has 7 heteroatoms. The number of nitrogens with one attached hydrogen (secondary N) is 1. The number of rotatable bonds is 6. The first-order chi connectivity index (χ1) is 13.9. The van der Waals surface area contributed by atoms with Crippen molar-refractivity contribution < 1.29 is 9.59 Å². The maximum absolute atomic E-state index is 12.5. The number of nitrogens with zero attached hydrogens (tertiary/aromatic N) is 2. The number of carbonyl (C=O) groups excluding carboxylic acids is 2. The molecule has 1 heterocycles. The summed E-state index contributed by atoms with van der Waals surface area (Å²) < 4.78 is 0. The number of anilines is 1. The van der Waals surface area contributed by atoms with Gasteiger partial charge in [0.25, 0.3) is 0 Å². The van der Waals surface area contributed by atoms with Crippen LogP contribution in [0.15, 0.2) is 42.5 Å². The first-order valence-corrected chi connectivity index (χ1v) is 10.5. The maximum Gasteiger partial charge on any atom is 0.238 e. The summed E-state index contributed by atoms with van der Waals surface area (Å²) in [6.45, 7) is 4.87. The van der Waals surface area contributed by atoms with Crippen LogP contribution in [-0.2, 0) is 16.0 Å². The van der Waals surface area contributed by atoms with E-state index in [1.165, 1.54) is 0 Å². The molecule has 0 bridgehead atoms. The third-order valence-electron chi connectivity index (χ3n) is 5.10. The van der Waals surface area contributed by atoms with Gasteiger partial charge in [0.2, 0.25) is 11.8 Å². The molecule has 5 nitrogen and oxygen atoms in total. The molecule has 0 aromatic heterocycles. The summed E-state index contributed by atoms with van der Waals surface area (Å²) in [5.41, 5.74) is 2.73. The van der Waals surface area contributed by atoms with Crippen molar-refractivity contribution in [2.24, 2.45) is 0 Å². The van der Waals surface area contributed by atoms with E-state index in [-0.39, 0.29) is 18.4 Å². The summed E-state index contributed by atoms with van der Waals surface area (Å²) in [6.07, 6.45) is 1.14. The minimum absolute atomic E-state index is 0.103. The highest BCUT2D eigenvalue weighted by Gasteiger charge is 2.22. The van der Waals surface area contributed by atoms with E-state index in [0.29, 0.717) is 49.7 Å². The standard InChI is InChI=1S/C22H25Cl2N3O2/c1-16-6-7-17(14-19(16)24)8-9-22(29)27-12-10-26(11-13-27)15-21(28)25-20-5-3-2-4-18(20)23/h2-7,14H,8-13,15H2,1H3,(H,25,28). The van der Waals surface area contributed by atoms with Gasteiger partial charge in [-0.15, -0.1) is 0 Å². The Labute approximate surface area is 181 Å². The molecule has 29 heavy (non-hydrogen) atoms. The number of benzene rings is 2. The molecule has 2 amide bonds. The summed E-state index contributed by atoms with van der Waals surface area (Å²) in [5.74, 6) is 0.0380. The molecular weight excluding hydrogens is 409 g/mol. The first kappa shape index (κ1) is 21.6. The molecule has 0 unspecified atom stereocenters. The van der Waals surface area contributed by atoms with Crippen LogP contribution in [-0.4, -0.2) is 54.3 Å². The monoisotopic (exact) mass is 433 g/mol. The van der Waals surface area contributed by atoms with Crippen molar-refractivity contribution in [2.45, 2.75) is 19.8 Å². The molecule has 0 spiro atoms. The number of hydrogen-bond donors (Lipinski definition) is 1. The highest BCUT2D eigenvalue weighted by Crippen LogP contribution is 2.20. The van der Waals surface area contributed by atoms with Gasteiger partial charge in [-0.3, -0.25) is 14.5 Å². The van der Waals surface area contributed by atoms with Crippen molar-refractivity contribution in [3.63, 3.8) is 0 Å². The highest BCUT2D eigenvalue weighted by molar-refractivity contribution is 6.33. The molecule has 0 atom stereocenters. The lowest BCUT2D eigenvalue weighted by Gasteiger charge is -2.34. The average molecular weight is 434 g/mol. The van der Waals surface area contributed by atoms with Crippen LogP contribution in [0.1, 0.15) is 17.5 Å². The van der Waals surface area contributed by atoms with E-state index in [2.05, 4.69) is 10.2 Å². The summed E-state index contributed by atoms with van der Waals surface area (Å²) in [6, 6.07) is 13.1. The normalized spacial score (nSPS) is 14.7. The Morgan fingerprint density at radius 2 is 1.72 bits per heavy atom. The molecule has 2 aromatic carbocycles. The van der Waals surface area contributed by atoms with Crippen LogP contribution in [0.2, 0.25) is 10.0 Å². The van der Waals surface area contributed by atoms with E-state index >= 15 is 0 Å². The molecule has 0 saturated carbocycles. The Morgan fingerprint density at radius 1 is 1.00 bits per heavy atom. The van der Waals surface area contributed by atoms with Crippen molar-refractivity contribution in [3.8, 4) is 0 Å². The van der Waals surface area contributed by atoms with Crippen LogP contribution in [0.4, 0.5) is 5.69 Å². The Hall–Kier alpha value is -2.08. The van der Waals surface area contributed by atoms with Crippen LogP contribution in [0.5, 0.6) is 0 Å². The number of halogens is 2. The summed E-state index contributed by atoms with van der Waals surface area (Å²) in [5, 5.41) is 4.09. The van der Waals surface area contributed by atoms with Gasteiger partial charge in [0, 0.05) is 37.6 Å². The molecule has 1 N–H and O–H groups in total. The molecule has 1 aliphatic heterocycles. The third-order valence-corrected chi connectivity index (χ3v) is 5.84. The van der Waals surface area contributed by atoms with Crippen LogP contribution in [0.3, 0.4) is 0 Å². The number of aryl methyl sites for hydroxylation is 2. The van der Waals surface area contributed by atoms with E-state index in [1.54, 1.807) is 12.1 Å². The van der Waals surface area contributed by atoms with Crippen LogP contribution >= 0.6 is 23.2 Å². The summed E-state index contributed by atoms with van der Waals surface area (Å²) in [7, 11) is 0. The Morgan fingerprint density at radius 3 is 2.41 bits per heavy atom. The Balaban J connectivity index is 1.41. The van der Waals surface area contributed by atoms with Gasteiger partial charge in [-0.25, -0.2) is 0 Å². The van der Waals surface area contributed by atoms with Gasteiger partial charge >= 0.3 is 0 Å². The van der Waals surface area contributed by atoms with Gasteiger partial charge in [0.1, 0.15) is 0 Å². The van der Waals surface area contributed by atoms with E-state index in [0.717, 1.165) is 16.1 Å². The van der Waals surface area contributed by atoms with E-state index in [9.17, 15) is 9.59 Å². The molecule has 1 saturated heterocycles. The third kappa shape index (κ3) is 6.20. The minimum Gasteiger partial charge on any atom is -0.340 e. The number of piperazine rings is 1. The fourth-order valence-corrected chi connectivity index (χ4v) is 3.70. The average Bonchev–Trinajstić information content (AvgIpc) is 2.71. The SMILES string of the molecule is Cc1ccc(CCC(=O)N2CCN(CC(=O)Nc3ccccc3Cl)CC2)cc1Cl. The molecule has 0 radical (unpaired) electrons. The molecular formula is C22H25Cl2N3O2. The molecule has 154 valence electrons. The van der Waals surface area contributed by atoms with Crippen LogP contribution < -0.4 is 5.32 Å². The molecule has 1 fully saturated rings. The largest absolute Gasteiger partial charge is 0.340 e. The van der Waals surface area contributed by atoms with E-state index in [1.807, 2.05) is 42.2 Å². The number of para-hydroxylation sites is 1. The zero-order chi connectivity index (χ0) is 20.8. The lowest BCUT2D eigenvalue weighted by Crippen LogP contribution is -2.50. The Bertz CT molecular complexity index is 880. The fourth-order valence-electron chi connectivity index (χ4n) is 3.31. The molecule has 3 rings (SSSR count). The van der Waals surface area contributed by atoms with Crippen molar-refractivity contribution in [1.29, 1.82) is 0 Å². The van der Waals surface area contributed by atoms with Gasteiger partial charge in [0.15, 0.2) is 0 Å². The van der Waals surface area contributed by atoms with Gasteiger partial charge in [-0.05, 0) is 42.7 Å². The molecule has 1 aliphatic rings. The Kier molecular flexibility index (Phi) is 7.53. The predicted octanol–water partition coefficient (Wildman–Crippen LogP) is 4.02. The van der Waals surface area contributed by atoms with Gasteiger partial charge < -0.3 is 10.2 Å². The highest BCUT2D eigenvalue weighted by atomic mass is 35.5. The van der Waals surface area contributed by atoms with Crippen molar-refractivity contribution in [2.75, 3.05) is 38.0 Å². The summed E-state index contributed by atoms with van der Waals surface area (Å²) in [4.78, 5) is 28.7. The lowest BCUT2D eigenvalue weighted by atomic mass is 10.1. The zero-order valence-corrected chi connectivity index (χ0v) is 18.0. The maximum atomic E-state index is 12.5. The second-order valence-electron chi connectivity index (χ2n) is 7.27. The molecule has 2 aromatic rings. The first-order valence-electron chi connectivity index (χ1n) is 9.72. The zero-order valence-electron chi connectivity index (χ0n) is 16.5. The second kappa shape index (κ2) is 10.1. The van der Waals surface area contributed by atoms with Crippen LogP contribution in [0, 0.1) is 6.92 Å². The fraction of sp³-hybridized carbons (Fsp3) is 0.364. The molecule has 0 aliphatic carbocycles. The topological polar surface area (TPSA) is 52.7 Å². The van der Waals surface area contributed by atoms with E-state index in [4.69, 9.17) is 23.2 Å². The van der Waals surface area contributed by atoms with Crippen LogP contribution in [0.25, 0.3) is 0 Å². The van der Waals surface area contributed by atoms with Gasteiger partial charge in [0.05, 0.1) is 17.3 Å². The van der Waals surface area contributed by atoms with Crippen molar-refractivity contribution in [1.82, 2.24) is 9.80 Å². The smallest absolute Gasteiger partial charge is 0.238 e. The minimum atomic E-state index is -0.103. The number of hydrogen-bond acceptors (Lipinski definition) is 3.